The SMILES string of the molecule is O=C1CCC(N2Cc3cc(C4CCN(Cc5cnc(-c6ccccc6)[nH]5)CC4)ccc3C2=O)C(=O)N1. The van der Waals surface area contributed by atoms with Crippen LogP contribution in [0.25, 0.3) is 11.4 Å². The molecule has 2 aromatic carbocycles. The van der Waals surface area contributed by atoms with E-state index in [4.69, 9.17) is 0 Å². The second-order valence-corrected chi connectivity index (χ2v) is 9.99. The van der Waals surface area contributed by atoms with Crippen molar-refractivity contribution in [1.82, 2.24) is 25.1 Å². The number of hydrogen-bond acceptors (Lipinski definition) is 5. The summed E-state index contributed by atoms with van der Waals surface area (Å²) < 4.78 is 0. The summed E-state index contributed by atoms with van der Waals surface area (Å²) >= 11 is 0. The van der Waals surface area contributed by atoms with E-state index in [1.165, 1.54) is 5.56 Å². The lowest BCUT2D eigenvalue weighted by Crippen LogP contribution is -2.52. The maximum atomic E-state index is 13.0. The highest BCUT2D eigenvalue weighted by atomic mass is 16.2. The number of H-pyrrole nitrogens is 1. The van der Waals surface area contributed by atoms with E-state index in [1.807, 2.05) is 30.5 Å². The molecular formula is C28H29N5O3. The van der Waals surface area contributed by atoms with Crippen molar-refractivity contribution in [2.75, 3.05) is 13.1 Å². The number of rotatable bonds is 5. The van der Waals surface area contributed by atoms with Crippen LogP contribution in [0.3, 0.4) is 0 Å². The summed E-state index contributed by atoms with van der Waals surface area (Å²) in [6.45, 7) is 3.29. The number of aromatic nitrogens is 2. The lowest BCUT2D eigenvalue weighted by Gasteiger charge is -2.32. The molecule has 0 radical (unpaired) electrons. The lowest BCUT2D eigenvalue weighted by atomic mass is 9.88. The third kappa shape index (κ3) is 4.33. The Morgan fingerprint density at radius 3 is 2.56 bits per heavy atom. The van der Waals surface area contributed by atoms with Crippen LogP contribution in [0.4, 0.5) is 0 Å². The van der Waals surface area contributed by atoms with Gasteiger partial charge in [0.15, 0.2) is 0 Å². The molecule has 1 aromatic heterocycles. The van der Waals surface area contributed by atoms with Crippen molar-refractivity contribution in [2.45, 2.75) is 50.7 Å². The van der Waals surface area contributed by atoms with Crippen LogP contribution in [-0.4, -0.2) is 56.6 Å². The summed E-state index contributed by atoms with van der Waals surface area (Å²) in [7, 11) is 0. The van der Waals surface area contributed by atoms with Gasteiger partial charge in [-0.05, 0) is 55.5 Å². The van der Waals surface area contributed by atoms with E-state index in [9.17, 15) is 14.4 Å². The summed E-state index contributed by atoms with van der Waals surface area (Å²) in [5, 5.41) is 2.37. The molecule has 4 heterocycles. The first-order valence-corrected chi connectivity index (χ1v) is 12.6. The van der Waals surface area contributed by atoms with Gasteiger partial charge < -0.3 is 9.88 Å². The Kier molecular flexibility index (Phi) is 5.89. The molecule has 3 aromatic rings. The van der Waals surface area contributed by atoms with Gasteiger partial charge in [0.25, 0.3) is 5.91 Å². The molecule has 3 amide bonds. The fraction of sp³-hybridized carbons (Fsp3) is 0.357. The summed E-state index contributed by atoms with van der Waals surface area (Å²) in [4.78, 5) is 48.8. The quantitative estimate of drug-likeness (QED) is 0.543. The zero-order valence-corrected chi connectivity index (χ0v) is 20.1. The number of aromatic amines is 1. The van der Waals surface area contributed by atoms with Crippen molar-refractivity contribution in [3.05, 3.63) is 77.1 Å². The Morgan fingerprint density at radius 1 is 0.972 bits per heavy atom. The molecule has 8 heteroatoms. The van der Waals surface area contributed by atoms with E-state index in [1.54, 1.807) is 4.90 Å². The second kappa shape index (κ2) is 9.35. The number of nitrogens with one attached hydrogen (secondary N) is 2. The van der Waals surface area contributed by atoms with E-state index in [0.717, 1.165) is 55.1 Å². The zero-order chi connectivity index (χ0) is 24.6. The van der Waals surface area contributed by atoms with Crippen molar-refractivity contribution >= 4 is 17.7 Å². The molecule has 2 saturated heterocycles. The Hall–Kier alpha value is -3.78. The molecule has 0 bridgehead atoms. The number of benzene rings is 2. The van der Waals surface area contributed by atoms with Crippen LogP contribution in [0.1, 0.15) is 58.8 Å². The molecular weight excluding hydrogens is 454 g/mol. The predicted octanol–water partition coefficient (Wildman–Crippen LogP) is 3.22. The zero-order valence-electron chi connectivity index (χ0n) is 20.1. The number of likely N-dealkylation sites (tertiary alicyclic amines) is 1. The molecule has 1 atom stereocenters. The molecule has 0 saturated carbocycles. The van der Waals surface area contributed by atoms with Crippen molar-refractivity contribution in [1.29, 1.82) is 0 Å². The van der Waals surface area contributed by atoms with Gasteiger partial charge in [-0.1, -0.05) is 42.5 Å². The minimum Gasteiger partial charge on any atom is -0.341 e. The number of imidazole rings is 1. The van der Waals surface area contributed by atoms with E-state index >= 15 is 0 Å². The molecule has 184 valence electrons. The highest BCUT2D eigenvalue weighted by molar-refractivity contribution is 6.05. The summed E-state index contributed by atoms with van der Waals surface area (Å²) in [6.07, 6.45) is 4.71. The Labute approximate surface area is 209 Å². The van der Waals surface area contributed by atoms with Crippen LogP contribution >= 0.6 is 0 Å². The number of imide groups is 1. The number of carbonyl (C=O) groups excluding carboxylic acids is 3. The molecule has 0 aliphatic carbocycles. The van der Waals surface area contributed by atoms with Gasteiger partial charge in [0.1, 0.15) is 11.9 Å². The van der Waals surface area contributed by atoms with Gasteiger partial charge >= 0.3 is 0 Å². The van der Waals surface area contributed by atoms with E-state index in [0.29, 0.717) is 24.4 Å². The largest absolute Gasteiger partial charge is 0.341 e. The molecule has 36 heavy (non-hydrogen) atoms. The topological polar surface area (TPSA) is 98.4 Å². The van der Waals surface area contributed by atoms with Gasteiger partial charge in [0.05, 0.1) is 0 Å². The maximum Gasteiger partial charge on any atom is 0.255 e. The first-order chi connectivity index (χ1) is 17.5. The van der Waals surface area contributed by atoms with Gasteiger partial charge in [0, 0.05) is 42.5 Å². The monoisotopic (exact) mass is 483 g/mol. The second-order valence-electron chi connectivity index (χ2n) is 9.99. The van der Waals surface area contributed by atoms with Crippen molar-refractivity contribution in [2.24, 2.45) is 0 Å². The van der Waals surface area contributed by atoms with Crippen LogP contribution < -0.4 is 5.32 Å². The third-order valence-electron chi connectivity index (χ3n) is 7.68. The highest BCUT2D eigenvalue weighted by Crippen LogP contribution is 2.34. The average Bonchev–Trinajstić information content (AvgIpc) is 3.49. The van der Waals surface area contributed by atoms with Gasteiger partial charge in [-0.25, -0.2) is 4.98 Å². The van der Waals surface area contributed by atoms with Crippen LogP contribution in [0, 0.1) is 0 Å². The summed E-state index contributed by atoms with van der Waals surface area (Å²) in [6, 6.07) is 15.7. The fourth-order valence-electron chi connectivity index (χ4n) is 5.70. The van der Waals surface area contributed by atoms with Crippen LogP contribution in [0.2, 0.25) is 0 Å². The van der Waals surface area contributed by atoms with Gasteiger partial charge in [-0.2, -0.15) is 0 Å². The Balaban J connectivity index is 1.07. The first-order valence-electron chi connectivity index (χ1n) is 12.6. The number of amides is 3. The van der Waals surface area contributed by atoms with E-state index in [2.05, 4.69) is 44.5 Å². The van der Waals surface area contributed by atoms with Crippen molar-refractivity contribution < 1.29 is 14.4 Å². The van der Waals surface area contributed by atoms with Crippen LogP contribution in [-0.2, 0) is 22.7 Å². The lowest BCUT2D eigenvalue weighted by molar-refractivity contribution is -0.136. The number of piperidine rings is 2. The smallest absolute Gasteiger partial charge is 0.255 e. The minimum absolute atomic E-state index is 0.115. The van der Waals surface area contributed by atoms with Gasteiger partial charge in [-0.3, -0.25) is 24.6 Å². The molecule has 2 fully saturated rings. The van der Waals surface area contributed by atoms with Gasteiger partial charge in [-0.15, -0.1) is 0 Å². The van der Waals surface area contributed by atoms with Crippen LogP contribution in [0.15, 0.2) is 54.7 Å². The Bertz CT molecular complexity index is 1310. The van der Waals surface area contributed by atoms with Gasteiger partial charge in [0.2, 0.25) is 11.8 Å². The van der Waals surface area contributed by atoms with Crippen molar-refractivity contribution in [3.8, 4) is 11.4 Å². The van der Waals surface area contributed by atoms with Crippen molar-refractivity contribution in [3.63, 3.8) is 0 Å². The predicted molar refractivity (Wildman–Crippen MR) is 134 cm³/mol. The molecule has 1 unspecified atom stereocenters. The summed E-state index contributed by atoms with van der Waals surface area (Å²) in [5.74, 6) is 0.606. The number of nitrogens with zero attached hydrogens (tertiary/aromatic N) is 3. The maximum absolute atomic E-state index is 13.0. The number of fused-ring (bicyclic) bond motifs is 1. The standard InChI is InChI=1S/C28H29N5O3/c34-25-9-8-24(27(35)31-25)33-16-21-14-20(6-7-23(21)28(33)36)18-10-12-32(13-11-18)17-22-15-29-26(30-22)19-4-2-1-3-5-19/h1-7,14-15,18,24H,8-13,16-17H2,(H,29,30)(H,31,34,35). The molecule has 3 aliphatic heterocycles. The van der Waals surface area contributed by atoms with E-state index < -0.39 is 6.04 Å². The molecule has 8 nitrogen and oxygen atoms in total. The normalized spacial score (nSPS) is 21.1. The first kappa shape index (κ1) is 22.7. The molecule has 2 N–H and O–H groups in total. The Morgan fingerprint density at radius 2 is 1.78 bits per heavy atom. The summed E-state index contributed by atoms with van der Waals surface area (Å²) in [5.41, 5.74) is 5.13. The number of hydrogen-bond donors (Lipinski definition) is 2. The minimum atomic E-state index is -0.570. The third-order valence-corrected chi connectivity index (χ3v) is 7.68. The van der Waals surface area contributed by atoms with Crippen LogP contribution in [0.5, 0.6) is 0 Å². The molecule has 0 spiro atoms. The fourth-order valence-corrected chi connectivity index (χ4v) is 5.70. The number of carbonyl (C=O) groups is 3. The average molecular weight is 484 g/mol. The van der Waals surface area contributed by atoms with E-state index in [-0.39, 0.29) is 24.1 Å². The molecule has 3 aliphatic rings. The molecule has 6 rings (SSSR count). The highest BCUT2D eigenvalue weighted by Gasteiger charge is 2.39.